The van der Waals surface area contributed by atoms with Crippen molar-refractivity contribution < 1.29 is 23.9 Å². The molecule has 0 aromatic carbocycles. The zero-order valence-corrected chi connectivity index (χ0v) is 24.7. The number of methoxy groups -OCH3 is 2. The summed E-state index contributed by atoms with van der Waals surface area (Å²) in [6, 6.07) is -0.289. The second kappa shape index (κ2) is 13.9. The first-order chi connectivity index (χ1) is 17.4. The topological polar surface area (TPSA) is 100 Å². The van der Waals surface area contributed by atoms with Crippen molar-refractivity contribution in [3.63, 3.8) is 0 Å². The molecule has 2 rings (SSSR count). The van der Waals surface area contributed by atoms with Crippen LogP contribution in [0.25, 0.3) is 0 Å². The van der Waals surface area contributed by atoms with Crippen LogP contribution in [-0.2, 0) is 23.9 Å². The summed E-state index contributed by atoms with van der Waals surface area (Å²) in [5.74, 6) is 0.753. The molecule has 2 fully saturated rings. The van der Waals surface area contributed by atoms with Gasteiger partial charge < -0.3 is 29.9 Å². The molecule has 0 aromatic rings. The molecule has 3 amide bonds. The number of likely N-dealkylation sites (N-methyl/N-ethyl adjacent to an activating group) is 2. The average molecular weight is 525 g/mol. The Kier molecular flexibility index (Phi) is 11.8. The summed E-state index contributed by atoms with van der Waals surface area (Å²) < 4.78 is 11.7. The van der Waals surface area contributed by atoms with E-state index >= 15 is 0 Å². The molecule has 1 heterocycles. The van der Waals surface area contributed by atoms with E-state index in [1.807, 2.05) is 13.8 Å². The summed E-state index contributed by atoms with van der Waals surface area (Å²) in [6.45, 7) is 12.2. The van der Waals surface area contributed by atoms with Crippen molar-refractivity contribution in [2.75, 3.05) is 34.9 Å². The van der Waals surface area contributed by atoms with Gasteiger partial charge in [-0.1, -0.05) is 48.0 Å². The maximum absolute atomic E-state index is 13.7. The minimum atomic E-state index is -0.452. The predicted octanol–water partition coefficient (Wildman–Crippen LogP) is 2.29. The van der Waals surface area contributed by atoms with Gasteiger partial charge in [0.1, 0.15) is 0 Å². The number of piperidine rings is 1. The van der Waals surface area contributed by atoms with Gasteiger partial charge in [-0.25, -0.2) is 0 Å². The summed E-state index contributed by atoms with van der Waals surface area (Å²) in [7, 11) is 6.83. The normalized spacial score (nSPS) is 24.9. The molecular weight excluding hydrogens is 472 g/mol. The van der Waals surface area contributed by atoms with E-state index in [-0.39, 0.29) is 66.8 Å². The first-order valence-corrected chi connectivity index (χ1v) is 14.0. The predicted molar refractivity (Wildman–Crippen MR) is 145 cm³/mol. The van der Waals surface area contributed by atoms with E-state index in [2.05, 4.69) is 43.2 Å². The first kappa shape index (κ1) is 31.5. The molecular formula is C28H52N4O5. The van der Waals surface area contributed by atoms with Crippen LogP contribution in [0.15, 0.2) is 0 Å². The lowest BCUT2D eigenvalue weighted by Gasteiger charge is -2.40. The van der Waals surface area contributed by atoms with Crippen LogP contribution in [0, 0.1) is 23.7 Å². The lowest BCUT2D eigenvalue weighted by Crippen LogP contribution is -2.55. The number of hydrogen-bond donors (Lipinski definition) is 2. The highest BCUT2D eigenvalue weighted by molar-refractivity contribution is 5.87. The molecule has 8 atom stereocenters. The van der Waals surface area contributed by atoms with Gasteiger partial charge in [0.2, 0.25) is 17.7 Å². The highest BCUT2D eigenvalue weighted by Gasteiger charge is 2.56. The van der Waals surface area contributed by atoms with Crippen LogP contribution in [0.5, 0.6) is 0 Å². The third-order valence-corrected chi connectivity index (χ3v) is 8.54. The van der Waals surface area contributed by atoms with Crippen molar-refractivity contribution >= 4 is 17.7 Å². The smallest absolute Gasteiger partial charge is 0.242 e. The summed E-state index contributed by atoms with van der Waals surface area (Å²) in [6.07, 6.45) is 2.63. The monoisotopic (exact) mass is 524 g/mol. The lowest BCUT2D eigenvalue weighted by atomic mass is 9.90. The lowest BCUT2D eigenvalue weighted by molar-refractivity contribution is -0.145. The van der Waals surface area contributed by atoms with Crippen LogP contribution < -0.4 is 10.6 Å². The van der Waals surface area contributed by atoms with Crippen LogP contribution in [0.3, 0.4) is 0 Å². The first-order valence-electron chi connectivity index (χ1n) is 14.0. The Morgan fingerprint density at radius 1 is 1.03 bits per heavy atom. The van der Waals surface area contributed by atoms with Gasteiger partial charge in [0, 0.05) is 27.3 Å². The molecule has 1 saturated carbocycles. The molecule has 1 saturated heterocycles. The zero-order chi connectivity index (χ0) is 28.0. The van der Waals surface area contributed by atoms with E-state index in [1.165, 1.54) is 0 Å². The van der Waals surface area contributed by atoms with E-state index < -0.39 is 6.10 Å². The Morgan fingerprint density at radius 2 is 1.68 bits per heavy atom. The van der Waals surface area contributed by atoms with Crippen LogP contribution in [0.4, 0.5) is 0 Å². The number of nitrogens with zero attached hydrogens (tertiary/aromatic N) is 2. The van der Waals surface area contributed by atoms with E-state index in [0.29, 0.717) is 17.9 Å². The second-order valence-corrected chi connectivity index (χ2v) is 11.7. The van der Waals surface area contributed by atoms with Gasteiger partial charge >= 0.3 is 0 Å². The fourth-order valence-corrected chi connectivity index (χ4v) is 6.22. The third kappa shape index (κ3) is 7.45. The number of ether oxygens (including phenoxy) is 2. The van der Waals surface area contributed by atoms with Gasteiger partial charge in [-0.05, 0) is 43.6 Å². The van der Waals surface area contributed by atoms with E-state index in [1.54, 1.807) is 33.2 Å². The fourth-order valence-electron chi connectivity index (χ4n) is 6.22. The zero-order valence-electron chi connectivity index (χ0n) is 24.7. The molecule has 214 valence electrons. The molecule has 7 unspecified atom stereocenters. The molecule has 9 nitrogen and oxygen atoms in total. The Bertz CT molecular complexity index is 776. The summed E-state index contributed by atoms with van der Waals surface area (Å²) in [5, 5.41) is 5.78. The third-order valence-electron chi connectivity index (χ3n) is 8.54. The van der Waals surface area contributed by atoms with Crippen LogP contribution in [0.2, 0.25) is 0 Å². The summed E-state index contributed by atoms with van der Waals surface area (Å²) in [5.41, 5.74) is 0. The van der Waals surface area contributed by atoms with E-state index in [9.17, 15) is 14.4 Å². The van der Waals surface area contributed by atoms with Crippen LogP contribution >= 0.6 is 0 Å². The number of hydrogen-bond acceptors (Lipinski definition) is 6. The summed E-state index contributed by atoms with van der Waals surface area (Å²) in [4.78, 5) is 43.2. The van der Waals surface area contributed by atoms with Crippen LogP contribution in [-0.4, -0.2) is 98.8 Å². The minimum absolute atomic E-state index is 0.00301. The fraction of sp³-hybridized carbons (Fsp3) is 0.893. The molecule has 2 N–H and O–H groups in total. The maximum atomic E-state index is 13.7. The van der Waals surface area contributed by atoms with Crippen molar-refractivity contribution in [2.45, 2.75) is 104 Å². The molecule has 1 aliphatic heterocycles. The van der Waals surface area contributed by atoms with Crippen molar-refractivity contribution in [3.05, 3.63) is 0 Å². The number of fused-ring (bicyclic) bond motifs is 1. The van der Waals surface area contributed by atoms with Crippen molar-refractivity contribution in [3.8, 4) is 0 Å². The van der Waals surface area contributed by atoms with Crippen molar-refractivity contribution in [1.29, 1.82) is 0 Å². The number of likely N-dealkylation sites (tertiary alicyclic amines) is 1. The SMILES string of the molecule is CCC(C)C(C(CC(=O)N1C2CC2C[C@H]1C(OC)C(C)C)OC)N(C)C(=O)CNC(=O)C(NC)C(C)C. The van der Waals surface area contributed by atoms with Gasteiger partial charge in [0.05, 0.1) is 43.3 Å². The Labute approximate surface area is 224 Å². The molecule has 0 bridgehead atoms. The second-order valence-electron chi connectivity index (χ2n) is 11.7. The number of nitrogens with one attached hydrogen (secondary N) is 2. The standard InChI is InChI=1S/C28H52N4O5/c1-11-18(6)26(31(8)24(34)15-30-28(35)25(29-7)16(2)3)22(36-9)14-23(33)32-20-12-19(20)13-21(32)27(37-10)17(4)5/h16-22,25-27,29H,11-15H2,1-10H3,(H,30,35)/t18?,19?,20?,21-,22?,25?,26?,27?/m0/s1. The highest BCUT2D eigenvalue weighted by atomic mass is 16.5. The number of carbonyl (C=O) groups excluding carboxylic acids is 3. The average Bonchev–Trinajstić information content (AvgIpc) is 3.51. The largest absolute Gasteiger partial charge is 0.379 e. The van der Waals surface area contributed by atoms with Crippen molar-refractivity contribution in [2.24, 2.45) is 23.7 Å². The molecule has 0 spiro atoms. The minimum Gasteiger partial charge on any atom is -0.379 e. The quantitative estimate of drug-likeness (QED) is 0.341. The molecule has 2 aliphatic rings. The van der Waals surface area contributed by atoms with Crippen molar-refractivity contribution in [1.82, 2.24) is 20.4 Å². The number of carbonyl (C=O) groups is 3. The van der Waals surface area contributed by atoms with Gasteiger partial charge in [0.25, 0.3) is 0 Å². The Hall–Kier alpha value is -1.71. The highest BCUT2D eigenvalue weighted by Crippen LogP contribution is 2.50. The number of amides is 3. The maximum Gasteiger partial charge on any atom is 0.242 e. The number of rotatable bonds is 15. The molecule has 0 aromatic heterocycles. The van der Waals surface area contributed by atoms with Crippen LogP contribution in [0.1, 0.15) is 67.2 Å². The summed E-state index contributed by atoms with van der Waals surface area (Å²) >= 11 is 0. The Balaban J connectivity index is 2.14. The molecule has 0 radical (unpaired) electrons. The van der Waals surface area contributed by atoms with E-state index in [0.717, 1.165) is 19.3 Å². The van der Waals surface area contributed by atoms with Gasteiger partial charge in [-0.2, -0.15) is 0 Å². The molecule has 37 heavy (non-hydrogen) atoms. The van der Waals surface area contributed by atoms with Gasteiger partial charge in [-0.15, -0.1) is 0 Å². The van der Waals surface area contributed by atoms with E-state index in [4.69, 9.17) is 9.47 Å². The molecule has 9 heteroatoms. The Morgan fingerprint density at radius 3 is 2.16 bits per heavy atom. The van der Waals surface area contributed by atoms with Gasteiger partial charge in [-0.3, -0.25) is 14.4 Å². The molecule has 1 aliphatic carbocycles. The van der Waals surface area contributed by atoms with Gasteiger partial charge in [0.15, 0.2) is 0 Å².